The van der Waals surface area contributed by atoms with E-state index in [-0.39, 0.29) is 13.0 Å². The largest absolute Gasteiger partial charge is 0.493 e. The third kappa shape index (κ3) is 4.27. The van der Waals surface area contributed by atoms with Crippen LogP contribution in [0.15, 0.2) is 48.5 Å². The van der Waals surface area contributed by atoms with Crippen LogP contribution < -0.4 is 4.74 Å². The Morgan fingerprint density at radius 1 is 1.10 bits per heavy atom. The van der Waals surface area contributed by atoms with E-state index in [0.29, 0.717) is 11.3 Å². The van der Waals surface area contributed by atoms with Gasteiger partial charge in [-0.3, -0.25) is 4.79 Å². The summed E-state index contributed by atoms with van der Waals surface area (Å²) in [4.78, 5) is 11.3. The highest BCUT2D eigenvalue weighted by molar-refractivity contribution is 5.76. The van der Waals surface area contributed by atoms with Crippen molar-refractivity contribution in [2.45, 2.75) is 12.3 Å². The van der Waals surface area contributed by atoms with Crippen molar-refractivity contribution in [3.8, 4) is 5.75 Å². The number of rotatable bonds is 6. The number of carbonyl (C=O) groups is 1. The summed E-state index contributed by atoms with van der Waals surface area (Å²) < 4.78 is 31.2. The summed E-state index contributed by atoms with van der Waals surface area (Å²) >= 11 is 0. The summed E-state index contributed by atoms with van der Waals surface area (Å²) in [7, 11) is 0. The van der Waals surface area contributed by atoms with Crippen molar-refractivity contribution in [1.82, 2.24) is 0 Å². The molecule has 110 valence electrons. The zero-order valence-electron chi connectivity index (χ0n) is 11.1. The number of aliphatic carboxylic acids is 1. The second-order valence-electron chi connectivity index (χ2n) is 4.54. The Balaban J connectivity index is 1.98. The summed E-state index contributed by atoms with van der Waals surface area (Å²) in [5, 5.41) is 9.23. The minimum atomic E-state index is -1.01. The van der Waals surface area contributed by atoms with Gasteiger partial charge in [-0.05, 0) is 36.2 Å². The van der Waals surface area contributed by atoms with Gasteiger partial charge in [0, 0.05) is 6.07 Å². The average Bonchev–Trinajstić information content (AvgIpc) is 2.45. The molecule has 1 N–H and O–H groups in total. The SMILES string of the molecule is O=C(O)C(CCOc1cccc(F)c1)c1ccc(F)cc1. The summed E-state index contributed by atoms with van der Waals surface area (Å²) in [6, 6.07) is 11.0. The Kier molecular flexibility index (Phi) is 4.87. The van der Waals surface area contributed by atoms with Crippen molar-refractivity contribution in [2.24, 2.45) is 0 Å². The van der Waals surface area contributed by atoms with Crippen molar-refractivity contribution in [1.29, 1.82) is 0 Å². The molecular weight excluding hydrogens is 278 g/mol. The summed E-state index contributed by atoms with van der Waals surface area (Å²) in [6.45, 7) is 0.123. The first-order valence-electron chi connectivity index (χ1n) is 6.43. The number of ether oxygens (including phenoxy) is 1. The normalized spacial score (nSPS) is 11.9. The lowest BCUT2D eigenvalue weighted by Crippen LogP contribution is -2.15. The third-order valence-electron chi connectivity index (χ3n) is 3.04. The number of carboxylic acid groups (broad SMARTS) is 1. The third-order valence-corrected chi connectivity index (χ3v) is 3.04. The fourth-order valence-corrected chi connectivity index (χ4v) is 1.98. The van der Waals surface area contributed by atoms with Crippen LogP contribution in [-0.2, 0) is 4.79 Å². The molecule has 0 aliphatic heterocycles. The predicted octanol–water partition coefficient (Wildman–Crippen LogP) is 3.60. The van der Waals surface area contributed by atoms with Gasteiger partial charge in [0.15, 0.2) is 0 Å². The Bertz CT molecular complexity index is 611. The van der Waals surface area contributed by atoms with Crippen molar-refractivity contribution in [3.05, 3.63) is 65.7 Å². The van der Waals surface area contributed by atoms with Gasteiger partial charge in [0.05, 0.1) is 12.5 Å². The molecule has 0 aliphatic carbocycles. The molecule has 0 fully saturated rings. The van der Waals surface area contributed by atoms with Crippen LogP contribution in [0, 0.1) is 11.6 Å². The average molecular weight is 292 g/mol. The van der Waals surface area contributed by atoms with Crippen molar-refractivity contribution in [2.75, 3.05) is 6.61 Å². The van der Waals surface area contributed by atoms with Gasteiger partial charge >= 0.3 is 5.97 Å². The second kappa shape index (κ2) is 6.83. The summed E-state index contributed by atoms with van der Waals surface area (Å²) in [5.74, 6) is -2.29. The molecule has 2 aromatic carbocycles. The molecule has 1 unspecified atom stereocenters. The lowest BCUT2D eigenvalue weighted by atomic mass is 9.96. The second-order valence-corrected chi connectivity index (χ2v) is 4.54. The van der Waals surface area contributed by atoms with Crippen LogP contribution in [0.1, 0.15) is 17.9 Å². The Morgan fingerprint density at radius 3 is 2.43 bits per heavy atom. The number of halogens is 2. The van der Waals surface area contributed by atoms with E-state index < -0.39 is 23.5 Å². The highest BCUT2D eigenvalue weighted by Gasteiger charge is 2.19. The topological polar surface area (TPSA) is 46.5 Å². The van der Waals surface area contributed by atoms with Gasteiger partial charge in [-0.15, -0.1) is 0 Å². The minimum absolute atomic E-state index is 0.123. The van der Waals surface area contributed by atoms with Crippen molar-refractivity contribution < 1.29 is 23.4 Å². The van der Waals surface area contributed by atoms with E-state index in [2.05, 4.69) is 0 Å². The minimum Gasteiger partial charge on any atom is -0.493 e. The molecule has 0 heterocycles. The molecule has 0 bridgehead atoms. The summed E-state index contributed by atoms with van der Waals surface area (Å²) in [5.41, 5.74) is 0.506. The van der Waals surface area contributed by atoms with Crippen LogP contribution in [0.2, 0.25) is 0 Å². The van der Waals surface area contributed by atoms with E-state index in [1.165, 1.54) is 42.5 Å². The van der Waals surface area contributed by atoms with Crippen LogP contribution in [0.5, 0.6) is 5.75 Å². The molecule has 0 spiro atoms. The van der Waals surface area contributed by atoms with Gasteiger partial charge < -0.3 is 9.84 Å². The Hall–Kier alpha value is -2.43. The first kappa shape index (κ1) is 15.0. The quantitative estimate of drug-likeness (QED) is 0.884. The number of hydrogen-bond acceptors (Lipinski definition) is 2. The number of hydrogen-bond donors (Lipinski definition) is 1. The molecule has 1 atom stereocenters. The molecule has 21 heavy (non-hydrogen) atoms. The fraction of sp³-hybridized carbons (Fsp3) is 0.188. The zero-order valence-corrected chi connectivity index (χ0v) is 11.1. The van der Waals surface area contributed by atoms with E-state index in [1.54, 1.807) is 6.07 Å². The molecule has 0 saturated carbocycles. The lowest BCUT2D eigenvalue weighted by Gasteiger charge is -2.13. The van der Waals surface area contributed by atoms with E-state index in [4.69, 9.17) is 4.74 Å². The van der Waals surface area contributed by atoms with Gasteiger partial charge in [0.2, 0.25) is 0 Å². The van der Waals surface area contributed by atoms with Crippen molar-refractivity contribution in [3.63, 3.8) is 0 Å². The first-order valence-corrected chi connectivity index (χ1v) is 6.43. The van der Waals surface area contributed by atoms with Crippen LogP contribution in [0.3, 0.4) is 0 Å². The van der Waals surface area contributed by atoms with Gasteiger partial charge in [0.1, 0.15) is 17.4 Å². The van der Waals surface area contributed by atoms with E-state index in [1.807, 2.05) is 0 Å². The van der Waals surface area contributed by atoms with E-state index in [9.17, 15) is 18.7 Å². The molecule has 0 radical (unpaired) electrons. The van der Waals surface area contributed by atoms with Crippen LogP contribution in [-0.4, -0.2) is 17.7 Å². The van der Waals surface area contributed by atoms with Gasteiger partial charge in [-0.2, -0.15) is 0 Å². The predicted molar refractivity (Wildman–Crippen MR) is 73.3 cm³/mol. The van der Waals surface area contributed by atoms with Crippen LogP contribution >= 0.6 is 0 Å². The molecular formula is C16H14F2O3. The molecule has 0 amide bonds. The molecule has 0 aliphatic rings. The van der Waals surface area contributed by atoms with Crippen molar-refractivity contribution >= 4 is 5.97 Å². The van der Waals surface area contributed by atoms with E-state index >= 15 is 0 Å². The number of carboxylic acids is 1. The Labute approximate surface area is 120 Å². The monoisotopic (exact) mass is 292 g/mol. The number of benzene rings is 2. The maximum atomic E-state index is 13.0. The standard InChI is InChI=1S/C16H14F2O3/c17-12-6-4-11(5-7-12)15(16(19)20)8-9-21-14-3-1-2-13(18)10-14/h1-7,10,15H,8-9H2,(H,19,20). The molecule has 0 saturated heterocycles. The van der Waals surface area contributed by atoms with Crippen LogP contribution in [0.4, 0.5) is 8.78 Å². The molecule has 2 rings (SSSR count). The van der Waals surface area contributed by atoms with Gasteiger partial charge in [-0.25, -0.2) is 8.78 Å². The molecule has 5 heteroatoms. The lowest BCUT2D eigenvalue weighted by molar-refractivity contribution is -0.139. The molecule has 0 aromatic heterocycles. The Morgan fingerprint density at radius 2 is 1.81 bits per heavy atom. The van der Waals surface area contributed by atoms with E-state index in [0.717, 1.165) is 0 Å². The maximum Gasteiger partial charge on any atom is 0.311 e. The van der Waals surface area contributed by atoms with Crippen LogP contribution in [0.25, 0.3) is 0 Å². The zero-order chi connectivity index (χ0) is 15.2. The highest BCUT2D eigenvalue weighted by atomic mass is 19.1. The summed E-state index contributed by atoms with van der Waals surface area (Å²) in [6.07, 6.45) is 0.206. The highest BCUT2D eigenvalue weighted by Crippen LogP contribution is 2.21. The first-order chi connectivity index (χ1) is 10.1. The van der Waals surface area contributed by atoms with Gasteiger partial charge in [0.25, 0.3) is 0 Å². The van der Waals surface area contributed by atoms with Gasteiger partial charge in [-0.1, -0.05) is 18.2 Å². The maximum absolute atomic E-state index is 13.0. The fourth-order valence-electron chi connectivity index (χ4n) is 1.98. The smallest absolute Gasteiger partial charge is 0.311 e. The molecule has 2 aromatic rings. The molecule has 3 nitrogen and oxygen atoms in total.